The van der Waals surface area contributed by atoms with Crippen molar-refractivity contribution in [2.75, 3.05) is 4.90 Å². The van der Waals surface area contributed by atoms with E-state index in [9.17, 15) is 26.7 Å². The number of carbonyl (C=O) groups excluding carboxylic acids is 1. The van der Waals surface area contributed by atoms with Crippen molar-refractivity contribution in [2.24, 2.45) is 0 Å². The number of rotatable bonds is 2. The third kappa shape index (κ3) is 2.32. The maximum Gasteiger partial charge on any atom is 0.432 e. The number of anilines is 1. The molecule has 1 amide bonds. The van der Waals surface area contributed by atoms with Gasteiger partial charge in [0.15, 0.2) is 11.6 Å². The quantitative estimate of drug-likeness (QED) is 0.744. The van der Waals surface area contributed by atoms with Gasteiger partial charge in [-0.05, 0) is 25.5 Å². The first kappa shape index (κ1) is 16.3. The van der Waals surface area contributed by atoms with Gasteiger partial charge in [0.2, 0.25) is 5.60 Å². The first-order chi connectivity index (χ1) is 10.1. The predicted octanol–water partition coefficient (Wildman–Crippen LogP) is 4.62. The number of ether oxygens (including phenoxy) is 1. The number of benzene rings is 1. The van der Waals surface area contributed by atoms with Gasteiger partial charge in [0.25, 0.3) is 0 Å². The van der Waals surface area contributed by atoms with E-state index < -0.39 is 40.8 Å². The number of hydrogen-bond acceptors (Lipinski definition) is 2. The van der Waals surface area contributed by atoms with Crippen LogP contribution in [0.4, 0.5) is 32.4 Å². The molecule has 2 rings (SSSR count). The molecule has 1 aliphatic heterocycles. The summed E-state index contributed by atoms with van der Waals surface area (Å²) in [6, 6.07) is 1.58. The topological polar surface area (TPSA) is 29.5 Å². The van der Waals surface area contributed by atoms with Crippen LogP contribution in [0.25, 0.3) is 0 Å². The lowest BCUT2D eigenvalue weighted by Crippen LogP contribution is -2.51. The monoisotopic (exact) mass is 321 g/mol. The van der Waals surface area contributed by atoms with Crippen LogP contribution in [-0.2, 0) is 10.3 Å². The summed E-state index contributed by atoms with van der Waals surface area (Å²) >= 11 is 0. The number of cyclic esters (lactones) is 1. The lowest BCUT2D eigenvalue weighted by molar-refractivity contribution is -0.258. The first-order valence-electron chi connectivity index (χ1n) is 6.37. The van der Waals surface area contributed by atoms with Crippen molar-refractivity contribution < 1.29 is 31.5 Å². The molecule has 1 aliphatic rings. The van der Waals surface area contributed by atoms with Gasteiger partial charge in [0.1, 0.15) is 0 Å². The van der Waals surface area contributed by atoms with Crippen molar-refractivity contribution in [3.63, 3.8) is 0 Å². The molecular formula is C14H12F5NO2. The molecule has 8 heteroatoms. The Hall–Kier alpha value is -2.12. The van der Waals surface area contributed by atoms with Gasteiger partial charge in [0.05, 0.1) is 11.3 Å². The van der Waals surface area contributed by atoms with Crippen LogP contribution in [0.1, 0.15) is 25.8 Å². The summed E-state index contributed by atoms with van der Waals surface area (Å²) in [4.78, 5) is 12.6. The highest BCUT2D eigenvalue weighted by Gasteiger charge is 2.61. The normalized spacial score (nSPS) is 22.0. The summed E-state index contributed by atoms with van der Waals surface area (Å²) in [6.07, 6.45) is -3.30. The molecule has 0 saturated carbocycles. The SMILES string of the molecule is CCC=CN1C(=O)OC(C)(C(F)(F)F)c2c1ccc(F)c2F. The third-order valence-electron chi connectivity index (χ3n) is 3.33. The van der Waals surface area contributed by atoms with E-state index in [4.69, 9.17) is 0 Å². The number of amides is 1. The molecule has 0 spiro atoms. The molecule has 120 valence electrons. The highest BCUT2D eigenvalue weighted by atomic mass is 19.4. The number of halogens is 5. The fourth-order valence-electron chi connectivity index (χ4n) is 2.12. The summed E-state index contributed by atoms with van der Waals surface area (Å²) in [7, 11) is 0. The summed E-state index contributed by atoms with van der Waals surface area (Å²) in [5.41, 5.74) is -4.72. The molecule has 1 heterocycles. The van der Waals surface area contributed by atoms with E-state index in [1.54, 1.807) is 6.92 Å². The number of alkyl halides is 3. The van der Waals surface area contributed by atoms with Crippen LogP contribution in [-0.4, -0.2) is 12.3 Å². The van der Waals surface area contributed by atoms with Gasteiger partial charge in [-0.3, -0.25) is 4.90 Å². The van der Waals surface area contributed by atoms with Gasteiger partial charge in [-0.15, -0.1) is 0 Å². The van der Waals surface area contributed by atoms with Crippen molar-refractivity contribution in [3.8, 4) is 0 Å². The van der Waals surface area contributed by atoms with Gasteiger partial charge < -0.3 is 4.74 Å². The summed E-state index contributed by atoms with van der Waals surface area (Å²) < 4.78 is 71.6. The van der Waals surface area contributed by atoms with Gasteiger partial charge in [-0.1, -0.05) is 13.0 Å². The highest BCUT2D eigenvalue weighted by molar-refractivity contribution is 5.93. The predicted molar refractivity (Wildman–Crippen MR) is 68.2 cm³/mol. The van der Waals surface area contributed by atoms with E-state index in [1.165, 1.54) is 6.08 Å². The summed E-state index contributed by atoms with van der Waals surface area (Å²) in [6.45, 7) is 2.23. The van der Waals surface area contributed by atoms with Crippen LogP contribution in [0.3, 0.4) is 0 Å². The Morgan fingerprint density at radius 3 is 2.50 bits per heavy atom. The van der Waals surface area contributed by atoms with Crippen molar-refractivity contribution in [1.82, 2.24) is 0 Å². The van der Waals surface area contributed by atoms with Crippen molar-refractivity contribution >= 4 is 11.8 Å². The fraction of sp³-hybridized carbons (Fsp3) is 0.357. The maximum absolute atomic E-state index is 14.0. The zero-order valence-electron chi connectivity index (χ0n) is 11.7. The average Bonchev–Trinajstić information content (AvgIpc) is 2.40. The van der Waals surface area contributed by atoms with E-state index >= 15 is 0 Å². The largest absolute Gasteiger partial charge is 0.432 e. The maximum atomic E-state index is 14.0. The van der Waals surface area contributed by atoms with Gasteiger partial charge >= 0.3 is 12.3 Å². The second-order valence-electron chi connectivity index (χ2n) is 4.82. The number of fused-ring (bicyclic) bond motifs is 1. The molecule has 1 aromatic rings. The second-order valence-corrected chi connectivity index (χ2v) is 4.82. The molecule has 0 aromatic heterocycles. The fourth-order valence-corrected chi connectivity index (χ4v) is 2.12. The smallest absolute Gasteiger partial charge is 0.428 e. The third-order valence-corrected chi connectivity index (χ3v) is 3.33. The molecule has 0 radical (unpaired) electrons. The van der Waals surface area contributed by atoms with Crippen LogP contribution >= 0.6 is 0 Å². The average molecular weight is 321 g/mol. The number of allylic oxidation sites excluding steroid dienone is 1. The van der Waals surface area contributed by atoms with E-state index in [2.05, 4.69) is 4.74 Å². The number of carbonyl (C=O) groups is 1. The molecule has 1 aromatic carbocycles. The molecule has 1 atom stereocenters. The lowest BCUT2D eigenvalue weighted by Gasteiger charge is -2.40. The van der Waals surface area contributed by atoms with Gasteiger partial charge in [0, 0.05) is 6.20 Å². The van der Waals surface area contributed by atoms with Crippen molar-refractivity contribution in [2.45, 2.75) is 32.0 Å². The summed E-state index contributed by atoms with van der Waals surface area (Å²) in [5, 5.41) is 0. The highest BCUT2D eigenvalue weighted by Crippen LogP contribution is 2.50. The van der Waals surface area contributed by atoms with Crippen LogP contribution in [0.5, 0.6) is 0 Å². The Morgan fingerprint density at radius 1 is 1.32 bits per heavy atom. The Kier molecular flexibility index (Phi) is 3.88. The van der Waals surface area contributed by atoms with E-state index in [-0.39, 0.29) is 0 Å². The van der Waals surface area contributed by atoms with E-state index in [1.807, 2.05) is 0 Å². The minimum Gasteiger partial charge on any atom is -0.428 e. The summed E-state index contributed by atoms with van der Waals surface area (Å²) in [5.74, 6) is -3.15. The van der Waals surface area contributed by atoms with Crippen LogP contribution in [0.15, 0.2) is 24.4 Å². The Bertz CT molecular complexity index is 641. The van der Waals surface area contributed by atoms with Crippen molar-refractivity contribution in [3.05, 3.63) is 41.6 Å². The minimum atomic E-state index is -5.10. The number of nitrogens with zero attached hydrogens (tertiary/aromatic N) is 1. The minimum absolute atomic E-state index is 0.403. The molecule has 0 N–H and O–H groups in total. The van der Waals surface area contributed by atoms with Gasteiger partial charge in [-0.25, -0.2) is 13.6 Å². The van der Waals surface area contributed by atoms with E-state index in [0.717, 1.165) is 17.2 Å². The molecule has 22 heavy (non-hydrogen) atoms. The Balaban J connectivity index is 2.76. The molecule has 3 nitrogen and oxygen atoms in total. The first-order valence-corrected chi connectivity index (χ1v) is 6.37. The molecule has 0 bridgehead atoms. The zero-order valence-corrected chi connectivity index (χ0v) is 11.7. The molecule has 0 fully saturated rings. The molecular weight excluding hydrogens is 309 g/mol. The molecule has 1 unspecified atom stereocenters. The van der Waals surface area contributed by atoms with Gasteiger partial charge in [-0.2, -0.15) is 13.2 Å². The number of hydrogen-bond donors (Lipinski definition) is 0. The molecule has 0 aliphatic carbocycles. The second kappa shape index (κ2) is 5.26. The van der Waals surface area contributed by atoms with Crippen molar-refractivity contribution in [1.29, 1.82) is 0 Å². The molecule has 0 saturated heterocycles. The van der Waals surface area contributed by atoms with Crippen LogP contribution in [0, 0.1) is 11.6 Å². The Labute approximate surface area is 123 Å². The lowest BCUT2D eigenvalue weighted by atomic mass is 9.90. The van der Waals surface area contributed by atoms with Crippen LogP contribution < -0.4 is 4.90 Å². The van der Waals surface area contributed by atoms with Crippen LogP contribution in [0.2, 0.25) is 0 Å². The standard InChI is InChI=1S/C14H12F5NO2/c1-3-4-7-20-9-6-5-8(15)11(16)10(9)13(2,14(17,18)19)22-12(20)21/h4-7H,3H2,1-2H3. The van der Waals surface area contributed by atoms with E-state index in [0.29, 0.717) is 19.4 Å². The Morgan fingerprint density at radius 2 is 1.95 bits per heavy atom. The zero-order chi connectivity index (χ0) is 16.7.